The van der Waals surface area contributed by atoms with Crippen molar-refractivity contribution in [2.45, 2.75) is 39.8 Å². The second-order valence-corrected chi connectivity index (χ2v) is 7.31. The van der Waals surface area contributed by atoms with Gasteiger partial charge in [-0.25, -0.2) is 5.06 Å². The molecule has 0 spiro atoms. The lowest BCUT2D eigenvalue weighted by molar-refractivity contribution is -0.141. The van der Waals surface area contributed by atoms with Gasteiger partial charge in [0.1, 0.15) is 0 Å². The van der Waals surface area contributed by atoms with Crippen LogP contribution in [0.25, 0.3) is 0 Å². The molecule has 0 aromatic carbocycles. The highest BCUT2D eigenvalue weighted by Crippen LogP contribution is 2.42. The highest BCUT2D eigenvalue weighted by atomic mass is 16.7. The molecule has 0 amide bonds. The van der Waals surface area contributed by atoms with Crippen LogP contribution in [0.15, 0.2) is 98.3 Å². The lowest BCUT2D eigenvalue weighted by Gasteiger charge is -2.30. The maximum atomic E-state index is 6.48. The van der Waals surface area contributed by atoms with Crippen molar-refractivity contribution in [3.8, 4) is 0 Å². The van der Waals surface area contributed by atoms with Gasteiger partial charge in [0.05, 0.1) is 17.8 Å². The highest BCUT2D eigenvalue weighted by molar-refractivity contribution is 5.34. The molecule has 1 rings (SSSR count). The summed E-state index contributed by atoms with van der Waals surface area (Å²) in [6.07, 6.45) is 19.3. The molecule has 1 aliphatic heterocycles. The Morgan fingerprint density at radius 3 is 1.85 bits per heavy atom. The fourth-order valence-electron chi connectivity index (χ4n) is 3.49. The second-order valence-electron chi connectivity index (χ2n) is 7.31. The lowest BCUT2D eigenvalue weighted by atomic mass is 9.77. The first-order chi connectivity index (χ1) is 12.9. The van der Waals surface area contributed by atoms with Crippen molar-refractivity contribution >= 4 is 0 Å². The van der Waals surface area contributed by atoms with Gasteiger partial charge in [-0.05, 0) is 29.6 Å². The van der Waals surface area contributed by atoms with E-state index in [1.165, 1.54) is 0 Å². The van der Waals surface area contributed by atoms with Gasteiger partial charge in [-0.1, -0.05) is 103 Å². The molecule has 3 atom stereocenters. The largest absolute Gasteiger partial charge is 0.269 e. The minimum absolute atomic E-state index is 0.0609. The van der Waals surface area contributed by atoms with E-state index in [0.717, 1.165) is 11.3 Å². The van der Waals surface area contributed by atoms with Crippen LogP contribution in [0.2, 0.25) is 0 Å². The van der Waals surface area contributed by atoms with Crippen molar-refractivity contribution in [3.63, 3.8) is 0 Å². The van der Waals surface area contributed by atoms with Crippen LogP contribution >= 0.6 is 0 Å². The molecule has 0 N–H and O–H groups in total. The summed E-state index contributed by atoms with van der Waals surface area (Å²) in [6, 6.07) is 0.0609. The Morgan fingerprint density at radius 2 is 1.41 bits per heavy atom. The average molecular weight is 366 g/mol. The predicted octanol–water partition coefficient (Wildman–Crippen LogP) is 6.57. The quantitative estimate of drug-likeness (QED) is 0.406. The third kappa shape index (κ3) is 5.83. The topological polar surface area (TPSA) is 12.5 Å². The lowest BCUT2D eigenvalue weighted by Crippen LogP contribution is -2.36. The van der Waals surface area contributed by atoms with Gasteiger partial charge in [-0.15, -0.1) is 0 Å². The van der Waals surface area contributed by atoms with Crippen molar-refractivity contribution < 1.29 is 4.84 Å². The minimum atomic E-state index is 0.0609. The van der Waals surface area contributed by atoms with E-state index >= 15 is 0 Å². The van der Waals surface area contributed by atoms with Crippen molar-refractivity contribution in [2.75, 3.05) is 0 Å². The molecule has 1 saturated heterocycles. The third-order valence-electron chi connectivity index (χ3n) is 4.75. The van der Waals surface area contributed by atoms with Gasteiger partial charge >= 0.3 is 0 Å². The van der Waals surface area contributed by atoms with Crippen LogP contribution in [0.4, 0.5) is 0 Å². The molecule has 0 aliphatic carbocycles. The zero-order valence-corrected chi connectivity index (χ0v) is 17.3. The van der Waals surface area contributed by atoms with Crippen molar-refractivity contribution in [1.29, 1.82) is 0 Å². The Labute approximate surface area is 166 Å². The fourth-order valence-corrected chi connectivity index (χ4v) is 3.49. The van der Waals surface area contributed by atoms with Gasteiger partial charge in [0.15, 0.2) is 0 Å². The van der Waals surface area contributed by atoms with Crippen LogP contribution in [0.5, 0.6) is 0 Å². The maximum Gasteiger partial charge on any atom is 0.0934 e. The monoisotopic (exact) mass is 365 g/mol. The molecule has 1 heterocycles. The molecular weight excluding hydrogens is 330 g/mol. The molecule has 146 valence electrons. The molecule has 0 aromatic rings. The Hall–Kier alpha value is -2.32. The molecule has 2 heteroatoms. The van der Waals surface area contributed by atoms with Gasteiger partial charge < -0.3 is 0 Å². The average Bonchev–Trinajstić information content (AvgIpc) is 3.03. The third-order valence-corrected chi connectivity index (χ3v) is 4.75. The van der Waals surface area contributed by atoms with Crippen molar-refractivity contribution in [1.82, 2.24) is 5.06 Å². The smallest absolute Gasteiger partial charge is 0.0934 e. The van der Waals surface area contributed by atoms with E-state index in [-0.39, 0.29) is 12.1 Å². The summed E-state index contributed by atoms with van der Waals surface area (Å²) in [5.74, 6) is 1.18. The molecule has 1 fully saturated rings. The predicted molar refractivity (Wildman–Crippen MR) is 119 cm³/mol. The van der Waals surface area contributed by atoms with Crippen LogP contribution in [0, 0.1) is 17.8 Å². The molecule has 2 nitrogen and oxygen atoms in total. The van der Waals surface area contributed by atoms with Crippen LogP contribution in [-0.2, 0) is 4.84 Å². The summed E-state index contributed by atoms with van der Waals surface area (Å²) >= 11 is 0. The van der Waals surface area contributed by atoms with Gasteiger partial charge in [0.25, 0.3) is 0 Å². The summed E-state index contributed by atoms with van der Waals surface area (Å²) < 4.78 is 0. The number of hydroxylamine groups is 2. The molecule has 27 heavy (non-hydrogen) atoms. The Bertz CT molecular complexity index is 645. The van der Waals surface area contributed by atoms with E-state index in [4.69, 9.17) is 4.84 Å². The van der Waals surface area contributed by atoms with Gasteiger partial charge in [-0.3, -0.25) is 4.84 Å². The van der Waals surface area contributed by atoms with Gasteiger partial charge in [-0.2, -0.15) is 0 Å². The summed E-state index contributed by atoms with van der Waals surface area (Å²) in [7, 11) is 0. The maximum absolute atomic E-state index is 6.48. The molecule has 0 aromatic heterocycles. The molecular formula is C25H35NO. The highest BCUT2D eigenvalue weighted by Gasteiger charge is 2.47. The van der Waals surface area contributed by atoms with Crippen molar-refractivity contribution in [2.24, 2.45) is 17.8 Å². The van der Waals surface area contributed by atoms with E-state index < -0.39 is 0 Å². The van der Waals surface area contributed by atoms with E-state index in [2.05, 4.69) is 60.1 Å². The van der Waals surface area contributed by atoms with Gasteiger partial charge in [0, 0.05) is 5.92 Å². The van der Waals surface area contributed by atoms with Crippen LogP contribution in [-0.4, -0.2) is 17.2 Å². The zero-order chi connectivity index (χ0) is 20.4. The molecule has 0 bridgehead atoms. The Balaban J connectivity index is 3.51. The van der Waals surface area contributed by atoms with E-state index in [1.54, 1.807) is 12.2 Å². The molecule has 3 unspecified atom stereocenters. The van der Waals surface area contributed by atoms with Crippen LogP contribution in [0.1, 0.15) is 27.7 Å². The van der Waals surface area contributed by atoms with Crippen LogP contribution < -0.4 is 0 Å². The van der Waals surface area contributed by atoms with Gasteiger partial charge in [0.2, 0.25) is 0 Å². The van der Waals surface area contributed by atoms with E-state index in [1.807, 2.05) is 47.6 Å². The summed E-state index contributed by atoms with van der Waals surface area (Å²) in [4.78, 5) is 6.48. The first-order valence-electron chi connectivity index (χ1n) is 9.62. The van der Waals surface area contributed by atoms with E-state index in [0.29, 0.717) is 17.8 Å². The standard InChI is InChI=1S/C25H35NO/c1-9-13-15-17-21(11-3)24-23(19(5)6)25(20(7)8)27-26(24)22(12-4)18-16-14-10-2/h9-20,23-25H,1-4H2,5-8H3/b15-13-,16-14-,21-17+,22-18+. The minimum Gasteiger partial charge on any atom is -0.269 e. The summed E-state index contributed by atoms with van der Waals surface area (Å²) in [6.45, 7) is 24.5. The first-order valence-corrected chi connectivity index (χ1v) is 9.62. The van der Waals surface area contributed by atoms with E-state index in [9.17, 15) is 0 Å². The van der Waals surface area contributed by atoms with Crippen LogP contribution in [0.3, 0.4) is 0 Å². The fraction of sp³-hybridized carbons (Fsp3) is 0.360. The first kappa shape index (κ1) is 22.7. The SMILES string of the molecule is C=C/C=C\C=C(/C=C)C1C(C(C)C)C(C(C)C)ON1/C(C=C)=C/C=C\C=C. The zero-order valence-electron chi connectivity index (χ0n) is 17.3. The van der Waals surface area contributed by atoms with Crippen molar-refractivity contribution in [3.05, 3.63) is 98.3 Å². The Kier molecular flexibility index (Phi) is 9.60. The summed E-state index contributed by atoms with van der Waals surface area (Å²) in [5.41, 5.74) is 2.04. The normalized spacial score (nSPS) is 24.4. The second kappa shape index (κ2) is 11.4. The Morgan fingerprint density at radius 1 is 0.815 bits per heavy atom. The molecule has 1 aliphatic rings. The number of allylic oxidation sites excluding steroid dienone is 9. The number of rotatable bonds is 10. The summed E-state index contributed by atoms with van der Waals surface area (Å²) in [5, 5.41) is 2.00. The number of nitrogens with zero attached hydrogens (tertiary/aromatic N) is 1. The molecule has 0 radical (unpaired) electrons. The molecule has 0 saturated carbocycles. The number of hydrogen-bond acceptors (Lipinski definition) is 2. The number of hydrogen-bond donors (Lipinski definition) is 0.